The second kappa shape index (κ2) is 5.04. The highest BCUT2D eigenvalue weighted by atomic mass is 79.9. The Kier molecular flexibility index (Phi) is 3.85. The molecule has 1 aromatic carbocycles. The van der Waals surface area contributed by atoms with Crippen molar-refractivity contribution in [2.75, 3.05) is 20.1 Å². The van der Waals surface area contributed by atoms with Gasteiger partial charge in [-0.1, -0.05) is 12.1 Å². The van der Waals surface area contributed by atoms with Crippen molar-refractivity contribution >= 4 is 15.9 Å². The van der Waals surface area contributed by atoms with Gasteiger partial charge in [-0.3, -0.25) is 0 Å². The van der Waals surface area contributed by atoms with Gasteiger partial charge in [0.05, 0.1) is 10.1 Å². The Morgan fingerprint density at radius 2 is 2.12 bits per heavy atom. The van der Waals surface area contributed by atoms with Crippen LogP contribution >= 0.6 is 15.9 Å². The summed E-state index contributed by atoms with van der Waals surface area (Å²) in [6.45, 7) is 1.75. The lowest BCUT2D eigenvalue weighted by molar-refractivity contribution is 0.0183. The standard InChI is InChI=1S/C13H17BrFNO/c1-16-8-3-6-13(17,7-9-16)10-4-2-5-11(14)12(10)15/h2,4-5,17H,3,6-9H2,1H3. The van der Waals surface area contributed by atoms with Gasteiger partial charge in [0.1, 0.15) is 5.82 Å². The predicted octanol–water partition coefficient (Wildman–Crippen LogP) is 2.89. The first-order valence-electron chi connectivity index (χ1n) is 5.88. The zero-order valence-corrected chi connectivity index (χ0v) is 11.5. The molecule has 1 heterocycles. The highest BCUT2D eigenvalue weighted by molar-refractivity contribution is 9.10. The molecule has 1 atom stereocenters. The Labute approximate surface area is 110 Å². The van der Waals surface area contributed by atoms with Crippen LogP contribution in [0.4, 0.5) is 4.39 Å². The van der Waals surface area contributed by atoms with E-state index < -0.39 is 5.60 Å². The third-order valence-corrected chi connectivity index (χ3v) is 4.10. The van der Waals surface area contributed by atoms with Crippen molar-refractivity contribution in [1.82, 2.24) is 4.90 Å². The summed E-state index contributed by atoms with van der Waals surface area (Å²) < 4.78 is 14.5. The highest BCUT2D eigenvalue weighted by Crippen LogP contribution is 2.35. The van der Waals surface area contributed by atoms with Gasteiger partial charge in [0, 0.05) is 12.1 Å². The Morgan fingerprint density at radius 1 is 1.35 bits per heavy atom. The van der Waals surface area contributed by atoms with Crippen LogP contribution < -0.4 is 0 Å². The van der Waals surface area contributed by atoms with E-state index in [4.69, 9.17) is 0 Å². The molecular formula is C13H17BrFNO. The van der Waals surface area contributed by atoms with Crippen molar-refractivity contribution in [3.8, 4) is 0 Å². The molecule has 0 saturated carbocycles. The molecule has 0 aliphatic carbocycles. The molecule has 2 nitrogen and oxygen atoms in total. The van der Waals surface area contributed by atoms with E-state index in [-0.39, 0.29) is 5.82 Å². The van der Waals surface area contributed by atoms with Gasteiger partial charge in [-0.25, -0.2) is 4.39 Å². The second-order valence-corrected chi connectivity index (χ2v) is 5.64. The van der Waals surface area contributed by atoms with E-state index >= 15 is 0 Å². The molecular weight excluding hydrogens is 285 g/mol. The third kappa shape index (κ3) is 2.69. The molecule has 0 spiro atoms. The Balaban J connectivity index is 2.33. The van der Waals surface area contributed by atoms with E-state index in [1.54, 1.807) is 18.2 Å². The summed E-state index contributed by atoms with van der Waals surface area (Å²) in [6.07, 6.45) is 2.08. The van der Waals surface area contributed by atoms with E-state index in [0.717, 1.165) is 19.5 Å². The minimum absolute atomic E-state index is 0.334. The van der Waals surface area contributed by atoms with Crippen molar-refractivity contribution < 1.29 is 9.50 Å². The Morgan fingerprint density at radius 3 is 2.88 bits per heavy atom. The first kappa shape index (κ1) is 13.0. The maximum Gasteiger partial charge on any atom is 0.143 e. The number of rotatable bonds is 1. The number of aliphatic hydroxyl groups is 1. The number of hydrogen-bond acceptors (Lipinski definition) is 2. The zero-order valence-electron chi connectivity index (χ0n) is 9.92. The SMILES string of the molecule is CN1CCCC(O)(c2cccc(Br)c2F)CC1. The summed E-state index contributed by atoms with van der Waals surface area (Å²) >= 11 is 3.17. The molecule has 0 amide bonds. The summed E-state index contributed by atoms with van der Waals surface area (Å²) in [5.41, 5.74) is -0.610. The minimum atomic E-state index is -1.03. The van der Waals surface area contributed by atoms with Crippen molar-refractivity contribution in [2.45, 2.75) is 24.9 Å². The van der Waals surface area contributed by atoms with Crippen LogP contribution in [-0.4, -0.2) is 30.1 Å². The van der Waals surface area contributed by atoms with Crippen LogP contribution in [0.25, 0.3) is 0 Å². The molecule has 2 rings (SSSR count). The van der Waals surface area contributed by atoms with Gasteiger partial charge in [-0.15, -0.1) is 0 Å². The molecule has 1 aromatic rings. The maximum absolute atomic E-state index is 14.0. The first-order valence-corrected chi connectivity index (χ1v) is 6.68. The van der Waals surface area contributed by atoms with E-state index in [0.29, 0.717) is 22.9 Å². The van der Waals surface area contributed by atoms with Gasteiger partial charge in [0.15, 0.2) is 0 Å². The number of hydrogen-bond donors (Lipinski definition) is 1. The molecule has 1 saturated heterocycles. The monoisotopic (exact) mass is 301 g/mol. The number of halogens is 2. The smallest absolute Gasteiger partial charge is 0.143 e. The quantitative estimate of drug-likeness (QED) is 0.862. The number of nitrogens with zero attached hydrogens (tertiary/aromatic N) is 1. The molecule has 0 bridgehead atoms. The summed E-state index contributed by atoms with van der Waals surface area (Å²) in [6, 6.07) is 5.12. The molecule has 0 radical (unpaired) electrons. The minimum Gasteiger partial charge on any atom is -0.385 e. The maximum atomic E-state index is 14.0. The Hall–Kier alpha value is -0.450. The molecule has 1 N–H and O–H groups in total. The lowest BCUT2D eigenvalue weighted by atomic mass is 9.86. The van der Waals surface area contributed by atoms with Gasteiger partial charge < -0.3 is 10.0 Å². The normalized spacial score (nSPS) is 26.8. The van der Waals surface area contributed by atoms with Crippen LogP contribution in [0.5, 0.6) is 0 Å². The molecule has 1 fully saturated rings. The van der Waals surface area contributed by atoms with Crippen LogP contribution in [0.2, 0.25) is 0 Å². The summed E-state index contributed by atoms with van der Waals surface area (Å²) in [7, 11) is 2.03. The summed E-state index contributed by atoms with van der Waals surface area (Å²) in [5, 5.41) is 10.7. The van der Waals surface area contributed by atoms with Crippen molar-refractivity contribution in [2.24, 2.45) is 0 Å². The van der Waals surface area contributed by atoms with Crippen molar-refractivity contribution in [1.29, 1.82) is 0 Å². The van der Waals surface area contributed by atoms with Gasteiger partial charge in [0.2, 0.25) is 0 Å². The molecule has 0 aromatic heterocycles. The van der Waals surface area contributed by atoms with Crippen LogP contribution in [0.1, 0.15) is 24.8 Å². The van der Waals surface area contributed by atoms with Crippen LogP contribution in [-0.2, 0) is 5.60 Å². The predicted molar refractivity (Wildman–Crippen MR) is 69.3 cm³/mol. The fraction of sp³-hybridized carbons (Fsp3) is 0.538. The van der Waals surface area contributed by atoms with E-state index in [1.165, 1.54) is 0 Å². The second-order valence-electron chi connectivity index (χ2n) is 4.79. The van der Waals surface area contributed by atoms with Gasteiger partial charge in [-0.05, 0) is 54.9 Å². The lowest BCUT2D eigenvalue weighted by Gasteiger charge is -2.27. The van der Waals surface area contributed by atoms with Gasteiger partial charge in [0.25, 0.3) is 0 Å². The fourth-order valence-electron chi connectivity index (χ4n) is 2.39. The largest absolute Gasteiger partial charge is 0.385 e. The molecule has 1 unspecified atom stereocenters. The number of likely N-dealkylation sites (tertiary alicyclic amines) is 1. The topological polar surface area (TPSA) is 23.5 Å². The third-order valence-electron chi connectivity index (χ3n) is 3.49. The lowest BCUT2D eigenvalue weighted by Crippen LogP contribution is -2.29. The average Bonchev–Trinajstić information content (AvgIpc) is 2.46. The molecule has 1 aliphatic rings. The Bertz CT molecular complexity index is 412. The van der Waals surface area contributed by atoms with Crippen LogP contribution in [0.3, 0.4) is 0 Å². The average molecular weight is 302 g/mol. The highest BCUT2D eigenvalue weighted by Gasteiger charge is 2.34. The summed E-state index contributed by atoms with van der Waals surface area (Å²) in [4.78, 5) is 2.17. The molecule has 4 heteroatoms. The van der Waals surface area contributed by atoms with E-state index in [2.05, 4.69) is 20.8 Å². The van der Waals surface area contributed by atoms with E-state index in [9.17, 15) is 9.50 Å². The fourth-order valence-corrected chi connectivity index (χ4v) is 2.75. The van der Waals surface area contributed by atoms with Gasteiger partial charge >= 0.3 is 0 Å². The van der Waals surface area contributed by atoms with Gasteiger partial charge in [-0.2, -0.15) is 0 Å². The van der Waals surface area contributed by atoms with Crippen LogP contribution in [0, 0.1) is 5.82 Å². The summed E-state index contributed by atoms with van der Waals surface area (Å²) in [5.74, 6) is -0.334. The first-order chi connectivity index (χ1) is 8.03. The zero-order chi connectivity index (χ0) is 12.5. The molecule has 17 heavy (non-hydrogen) atoms. The van der Waals surface area contributed by atoms with Crippen LogP contribution in [0.15, 0.2) is 22.7 Å². The van der Waals surface area contributed by atoms with Crippen molar-refractivity contribution in [3.05, 3.63) is 34.1 Å². The number of benzene rings is 1. The molecule has 1 aliphatic heterocycles. The van der Waals surface area contributed by atoms with E-state index in [1.807, 2.05) is 7.05 Å². The molecule has 94 valence electrons. The van der Waals surface area contributed by atoms with Crippen molar-refractivity contribution in [3.63, 3.8) is 0 Å².